The standard InChI is InChI=1S/C24H38N4O2/c1-16(2)25-22(29)14-21-17(3)26-24(27-18(21)4)20-11-8-12-28(15-20)23(30)13-19-9-6-5-7-10-19/h16,19-20H,5-15H2,1-4H3,(H,25,29)/t20-/m1/s1. The van der Waals surface area contributed by atoms with Crippen molar-refractivity contribution in [3.63, 3.8) is 0 Å². The van der Waals surface area contributed by atoms with Crippen molar-refractivity contribution < 1.29 is 9.59 Å². The lowest BCUT2D eigenvalue weighted by Gasteiger charge is -2.34. The van der Waals surface area contributed by atoms with E-state index in [4.69, 9.17) is 9.97 Å². The van der Waals surface area contributed by atoms with Crippen LogP contribution in [0.15, 0.2) is 0 Å². The number of amides is 2. The molecular formula is C24H38N4O2. The Kier molecular flexibility index (Phi) is 7.84. The zero-order chi connectivity index (χ0) is 21.7. The first-order valence-electron chi connectivity index (χ1n) is 11.7. The normalized spacial score (nSPS) is 20.4. The fraction of sp³-hybridized carbons (Fsp3) is 0.750. The van der Waals surface area contributed by atoms with Crippen molar-refractivity contribution in [1.82, 2.24) is 20.2 Å². The van der Waals surface area contributed by atoms with Gasteiger partial charge in [0, 0.05) is 48.4 Å². The highest BCUT2D eigenvalue weighted by atomic mass is 16.2. The van der Waals surface area contributed by atoms with Gasteiger partial charge < -0.3 is 10.2 Å². The molecule has 3 rings (SSSR count). The van der Waals surface area contributed by atoms with E-state index in [0.717, 1.165) is 48.7 Å². The Bertz CT molecular complexity index is 733. The minimum Gasteiger partial charge on any atom is -0.354 e. The van der Waals surface area contributed by atoms with Gasteiger partial charge in [0.15, 0.2) is 0 Å². The molecule has 6 nitrogen and oxygen atoms in total. The Morgan fingerprint density at radius 3 is 2.33 bits per heavy atom. The molecule has 0 aromatic carbocycles. The van der Waals surface area contributed by atoms with Crippen molar-refractivity contribution in [1.29, 1.82) is 0 Å². The summed E-state index contributed by atoms with van der Waals surface area (Å²) >= 11 is 0. The van der Waals surface area contributed by atoms with Gasteiger partial charge in [-0.2, -0.15) is 0 Å². The van der Waals surface area contributed by atoms with Gasteiger partial charge in [-0.15, -0.1) is 0 Å². The van der Waals surface area contributed by atoms with Gasteiger partial charge in [0.1, 0.15) is 5.82 Å². The van der Waals surface area contributed by atoms with Crippen LogP contribution in [0.4, 0.5) is 0 Å². The highest BCUT2D eigenvalue weighted by molar-refractivity contribution is 5.79. The van der Waals surface area contributed by atoms with Gasteiger partial charge in [-0.3, -0.25) is 9.59 Å². The second kappa shape index (κ2) is 10.4. The average Bonchev–Trinajstić information content (AvgIpc) is 2.71. The molecule has 2 aliphatic rings. The van der Waals surface area contributed by atoms with E-state index >= 15 is 0 Å². The zero-order valence-corrected chi connectivity index (χ0v) is 19.2. The van der Waals surface area contributed by atoms with E-state index in [-0.39, 0.29) is 17.9 Å². The third-order valence-electron chi connectivity index (χ3n) is 6.55. The third kappa shape index (κ3) is 6.02. The summed E-state index contributed by atoms with van der Waals surface area (Å²) in [6, 6.07) is 0.123. The molecule has 0 radical (unpaired) electrons. The average molecular weight is 415 g/mol. The summed E-state index contributed by atoms with van der Waals surface area (Å²) < 4.78 is 0. The monoisotopic (exact) mass is 414 g/mol. The van der Waals surface area contributed by atoms with E-state index in [1.807, 2.05) is 32.6 Å². The molecule has 1 saturated carbocycles. The minimum absolute atomic E-state index is 0.00435. The number of hydrogen-bond acceptors (Lipinski definition) is 4. The molecule has 1 N–H and O–H groups in total. The highest BCUT2D eigenvalue weighted by Crippen LogP contribution is 2.30. The van der Waals surface area contributed by atoms with E-state index in [1.165, 1.54) is 32.1 Å². The summed E-state index contributed by atoms with van der Waals surface area (Å²) in [7, 11) is 0. The molecular weight excluding hydrogens is 376 g/mol. The van der Waals surface area contributed by atoms with Gasteiger partial charge in [-0.1, -0.05) is 19.3 Å². The van der Waals surface area contributed by atoms with E-state index in [9.17, 15) is 9.59 Å². The van der Waals surface area contributed by atoms with Gasteiger partial charge in [-0.05, 0) is 59.3 Å². The molecule has 0 spiro atoms. The Morgan fingerprint density at radius 1 is 1.03 bits per heavy atom. The van der Waals surface area contributed by atoms with Crippen LogP contribution in [0.25, 0.3) is 0 Å². The van der Waals surface area contributed by atoms with E-state index in [1.54, 1.807) is 0 Å². The minimum atomic E-state index is 0.00435. The summed E-state index contributed by atoms with van der Waals surface area (Å²) in [5.74, 6) is 1.90. The lowest BCUT2D eigenvalue weighted by Crippen LogP contribution is -2.40. The molecule has 30 heavy (non-hydrogen) atoms. The third-order valence-corrected chi connectivity index (χ3v) is 6.55. The molecule has 166 valence electrons. The molecule has 1 atom stereocenters. The number of aromatic nitrogens is 2. The smallest absolute Gasteiger partial charge is 0.224 e. The maximum Gasteiger partial charge on any atom is 0.224 e. The first kappa shape index (κ1) is 22.7. The zero-order valence-electron chi connectivity index (χ0n) is 19.2. The van der Waals surface area contributed by atoms with Crippen LogP contribution in [0.5, 0.6) is 0 Å². The number of nitrogens with zero attached hydrogens (tertiary/aromatic N) is 3. The Hall–Kier alpha value is -1.98. The van der Waals surface area contributed by atoms with Gasteiger partial charge in [-0.25, -0.2) is 9.97 Å². The summed E-state index contributed by atoms with van der Waals surface area (Å²) in [4.78, 5) is 36.6. The molecule has 6 heteroatoms. The fourth-order valence-corrected chi connectivity index (χ4v) is 4.92. The topological polar surface area (TPSA) is 75.2 Å². The fourth-order valence-electron chi connectivity index (χ4n) is 4.92. The Morgan fingerprint density at radius 2 is 1.70 bits per heavy atom. The number of likely N-dealkylation sites (tertiary alicyclic amines) is 1. The first-order chi connectivity index (χ1) is 14.3. The van der Waals surface area contributed by atoms with Crippen molar-refractivity contribution in [3.05, 3.63) is 22.8 Å². The second-order valence-corrected chi connectivity index (χ2v) is 9.52. The Labute approximate surface area is 181 Å². The maximum absolute atomic E-state index is 12.9. The van der Waals surface area contributed by atoms with Gasteiger partial charge in [0.05, 0.1) is 6.42 Å². The van der Waals surface area contributed by atoms with Crippen LogP contribution in [0, 0.1) is 19.8 Å². The summed E-state index contributed by atoms with van der Waals surface area (Å²) in [6.45, 7) is 9.42. The molecule has 1 aromatic heterocycles. The molecule has 1 aliphatic heterocycles. The largest absolute Gasteiger partial charge is 0.354 e. The molecule has 2 amide bonds. The molecule has 0 unspecified atom stereocenters. The first-order valence-corrected chi connectivity index (χ1v) is 11.7. The molecule has 2 heterocycles. The number of piperidine rings is 1. The van der Waals surface area contributed by atoms with Crippen LogP contribution in [-0.2, 0) is 16.0 Å². The van der Waals surface area contributed by atoms with E-state index in [0.29, 0.717) is 24.7 Å². The molecule has 0 bridgehead atoms. The predicted octanol–water partition coefficient (Wildman–Crippen LogP) is 3.84. The SMILES string of the molecule is Cc1nc([C@@H]2CCCN(C(=O)CC3CCCCC3)C2)nc(C)c1CC(=O)NC(C)C. The lowest BCUT2D eigenvalue weighted by atomic mass is 9.86. The summed E-state index contributed by atoms with van der Waals surface area (Å²) in [5.41, 5.74) is 2.67. The summed E-state index contributed by atoms with van der Waals surface area (Å²) in [6.07, 6.45) is 9.31. The molecule has 1 aromatic rings. The lowest BCUT2D eigenvalue weighted by molar-refractivity contribution is -0.133. The van der Waals surface area contributed by atoms with Crippen molar-refractivity contribution in [2.45, 2.75) is 97.4 Å². The van der Waals surface area contributed by atoms with Gasteiger partial charge >= 0.3 is 0 Å². The van der Waals surface area contributed by atoms with Crippen LogP contribution in [0.1, 0.15) is 93.9 Å². The Balaban J connectivity index is 1.64. The number of carbonyl (C=O) groups is 2. The highest BCUT2D eigenvalue weighted by Gasteiger charge is 2.29. The molecule has 1 aliphatic carbocycles. The quantitative estimate of drug-likeness (QED) is 0.767. The number of aryl methyl sites for hydroxylation is 2. The van der Waals surface area contributed by atoms with Gasteiger partial charge in [0.25, 0.3) is 0 Å². The summed E-state index contributed by atoms with van der Waals surface area (Å²) in [5, 5.41) is 2.94. The van der Waals surface area contributed by atoms with Gasteiger partial charge in [0.2, 0.25) is 11.8 Å². The number of hydrogen-bond donors (Lipinski definition) is 1. The molecule has 1 saturated heterocycles. The van der Waals surface area contributed by atoms with Crippen LogP contribution in [-0.4, -0.2) is 45.8 Å². The van der Waals surface area contributed by atoms with Crippen LogP contribution in [0.2, 0.25) is 0 Å². The van der Waals surface area contributed by atoms with Crippen LogP contribution >= 0.6 is 0 Å². The molecule has 2 fully saturated rings. The van der Waals surface area contributed by atoms with Crippen molar-refractivity contribution >= 4 is 11.8 Å². The van der Waals surface area contributed by atoms with E-state index in [2.05, 4.69) is 5.32 Å². The predicted molar refractivity (Wildman–Crippen MR) is 118 cm³/mol. The van der Waals surface area contributed by atoms with Crippen molar-refractivity contribution in [2.24, 2.45) is 5.92 Å². The van der Waals surface area contributed by atoms with Crippen molar-refractivity contribution in [2.75, 3.05) is 13.1 Å². The maximum atomic E-state index is 12.9. The number of nitrogens with one attached hydrogen (secondary N) is 1. The van der Waals surface area contributed by atoms with E-state index < -0.39 is 0 Å². The van der Waals surface area contributed by atoms with Crippen LogP contribution < -0.4 is 5.32 Å². The van der Waals surface area contributed by atoms with Crippen LogP contribution in [0.3, 0.4) is 0 Å². The number of carbonyl (C=O) groups excluding carboxylic acids is 2. The number of rotatable bonds is 6. The second-order valence-electron chi connectivity index (χ2n) is 9.52. The van der Waals surface area contributed by atoms with Crippen molar-refractivity contribution in [3.8, 4) is 0 Å².